The molecule has 3 rings (SSSR count). The SMILES string of the molecule is O=C(/C=C/c1ccc2c(c1)OCCO2)NCc1cccc(Cl)c1. The molecule has 0 unspecified atom stereocenters. The Hall–Kier alpha value is -2.46. The van der Waals surface area contributed by atoms with E-state index in [1.165, 1.54) is 6.08 Å². The van der Waals surface area contributed by atoms with Gasteiger partial charge in [-0.05, 0) is 41.5 Å². The van der Waals surface area contributed by atoms with Gasteiger partial charge < -0.3 is 14.8 Å². The molecule has 0 radical (unpaired) electrons. The molecule has 0 atom stereocenters. The molecule has 0 bridgehead atoms. The summed E-state index contributed by atoms with van der Waals surface area (Å²) in [5.74, 6) is 1.27. The van der Waals surface area contributed by atoms with Crippen molar-refractivity contribution in [2.24, 2.45) is 0 Å². The van der Waals surface area contributed by atoms with Crippen LogP contribution in [0.5, 0.6) is 11.5 Å². The van der Waals surface area contributed by atoms with Crippen molar-refractivity contribution in [3.63, 3.8) is 0 Å². The summed E-state index contributed by atoms with van der Waals surface area (Å²) < 4.78 is 11.0. The van der Waals surface area contributed by atoms with Crippen LogP contribution in [-0.2, 0) is 11.3 Å². The number of carbonyl (C=O) groups excluding carboxylic acids is 1. The molecule has 1 heterocycles. The van der Waals surface area contributed by atoms with Crippen LogP contribution in [0, 0.1) is 0 Å². The van der Waals surface area contributed by atoms with E-state index in [0.717, 1.165) is 16.9 Å². The number of hydrogen-bond acceptors (Lipinski definition) is 3. The van der Waals surface area contributed by atoms with Crippen molar-refractivity contribution < 1.29 is 14.3 Å². The average Bonchev–Trinajstić information content (AvgIpc) is 2.58. The van der Waals surface area contributed by atoms with Gasteiger partial charge in [0, 0.05) is 17.6 Å². The fourth-order valence-electron chi connectivity index (χ4n) is 2.23. The fourth-order valence-corrected chi connectivity index (χ4v) is 2.44. The molecular formula is C18H16ClNO3. The Morgan fingerprint density at radius 2 is 1.96 bits per heavy atom. The molecule has 1 aliphatic heterocycles. The zero-order chi connectivity index (χ0) is 16.1. The highest BCUT2D eigenvalue weighted by atomic mass is 35.5. The van der Waals surface area contributed by atoms with Gasteiger partial charge in [-0.3, -0.25) is 4.79 Å². The molecule has 23 heavy (non-hydrogen) atoms. The van der Waals surface area contributed by atoms with Gasteiger partial charge in [-0.25, -0.2) is 0 Å². The zero-order valence-electron chi connectivity index (χ0n) is 12.4. The fraction of sp³-hybridized carbons (Fsp3) is 0.167. The van der Waals surface area contributed by atoms with E-state index in [4.69, 9.17) is 21.1 Å². The number of hydrogen-bond donors (Lipinski definition) is 1. The minimum atomic E-state index is -0.167. The second kappa shape index (κ2) is 7.20. The molecule has 4 nitrogen and oxygen atoms in total. The van der Waals surface area contributed by atoms with Crippen LogP contribution in [0.3, 0.4) is 0 Å². The molecule has 0 aromatic heterocycles. The number of halogens is 1. The van der Waals surface area contributed by atoms with Gasteiger partial charge in [0.15, 0.2) is 11.5 Å². The maximum absolute atomic E-state index is 11.9. The van der Waals surface area contributed by atoms with E-state index in [9.17, 15) is 4.79 Å². The first-order chi connectivity index (χ1) is 11.2. The average molecular weight is 330 g/mol. The number of carbonyl (C=O) groups is 1. The van der Waals surface area contributed by atoms with Crippen LogP contribution in [0.1, 0.15) is 11.1 Å². The quantitative estimate of drug-likeness (QED) is 0.874. The summed E-state index contributed by atoms with van der Waals surface area (Å²) in [6.45, 7) is 1.54. The molecule has 0 spiro atoms. The molecule has 1 N–H and O–H groups in total. The lowest BCUT2D eigenvalue weighted by Crippen LogP contribution is -2.20. The Morgan fingerprint density at radius 1 is 1.13 bits per heavy atom. The molecule has 2 aromatic carbocycles. The summed E-state index contributed by atoms with van der Waals surface area (Å²) in [7, 11) is 0. The van der Waals surface area contributed by atoms with Gasteiger partial charge in [0.25, 0.3) is 0 Å². The summed E-state index contributed by atoms with van der Waals surface area (Å²) in [6, 6.07) is 13.0. The molecule has 1 amide bonds. The summed E-state index contributed by atoms with van der Waals surface area (Å²) in [4.78, 5) is 11.9. The summed E-state index contributed by atoms with van der Waals surface area (Å²) >= 11 is 5.91. The van der Waals surface area contributed by atoms with Crippen LogP contribution < -0.4 is 14.8 Å². The molecule has 5 heteroatoms. The first-order valence-electron chi connectivity index (χ1n) is 7.31. The van der Waals surface area contributed by atoms with Crippen LogP contribution in [0.15, 0.2) is 48.5 Å². The molecule has 0 saturated carbocycles. The van der Waals surface area contributed by atoms with Gasteiger partial charge >= 0.3 is 0 Å². The number of benzene rings is 2. The first kappa shape index (κ1) is 15.4. The minimum absolute atomic E-state index is 0.167. The van der Waals surface area contributed by atoms with Crippen molar-refractivity contribution in [2.75, 3.05) is 13.2 Å². The van der Waals surface area contributed by atoms with Gasteiger partial charge in [0.2, 0.25) is 5.91 Å². The molecule has 0 saturated heterocycles. The number of nitrogens with one attached hydrogen (secondary N) is 1. The Bertz CT molecular complexity index is 743. The summed E-state index contributed by atoms with van der Waals surface area (Å²) in [5, 5.41) is 3.47. The van der Waals surface area contributed by atoms with Crippen molar-refractivity contribution in [1.82, 2.24) is 5.32 Å². The highest BCUT2D eigenvalue weighted by Crippen LogP contribution is 2.31. The van der Waals surface area contributed by atoms with Crippen molar-refractivity contribution in [2.45, 2.75) is 6.54 Å². The van der Waals surface area contributed by atoms with E-state index in [0.29, 0.717) is 30.5 Å². The summed E-state index contributed by atoms with van der Waals surface area (Å²) in [6.07, 6.45) is 3.24. The lowest BCUT2D eigenvalue weighted by atomic mass is 10.1. The van der Waals surface area contributed by atoms with Crippen LogP contribution >= 0.6 is 11.6 Å². The van der Waals surface area contributed by atoms with Gasteiger partial charge in [0.05, 0.1) is 0 Å². The molecule has 0 fully saturated rings. The van der Waals surface area contributed by atoms with E-state index >= 15 is 0 Å². The van der Waals surface area contributed by atoms with Gasteiger partial charge in [0.1, 0.15) is 13.2 Å². The normalized spacial score (nSPS) is 13.1. The molecular weight excluding hydrogens is 314 g/mol. The Morgan fingerprint density at radius 3 is 2.78 bits per heavy atom. The predicted molar refractivity (Wildman–Crippen MR) is 89.8 cm³/mol. The van der Waals surface area contributed by atoms with Gasteiger partial charge in [-0.2, -0.15) is 0 Å². The first-order valence-corrected chi connectivity index (χ1v) is 7.68. The number of fused-ring (bicyclic) bond motifs is 1. The maximum atomic E-state index is 11.9. The van der Waals surface area contributed by atoms with Crippen LogP contribution in [0.2, 0.25) is 5.02 Å². The monoisotopic (exact) mass is 329 g/mol. The van der Waals surface area contributed by atoms with Crippen molar-refractivity contribution in [1.29, 1.82) is 0 Å². The lowest BCUT2D eigenvalue weighted by molar-refractivity contribution is -0.116. The van der Waals surface area contributed by atoms with Crippen molar-refractivity contribution in [3.8, 4) is 11.5 Å². The number of rotatable bonds is 4. The smallest absolute Gasteiger partial charge is 0.244 e. The Kier molecular flexibility index (Phi) is 4.83. The topological polar surface area (TPSA) is 47.6 Å². The van der Waals surface area contributed by atoms with Crippen LogP contribution in [0.25, 0.3) is 6.08 Å². The van der Waals surface area contributed by atoms with E-state index in [-0.39, 0.29) is 5.91 Å². The van der Waals surface area contributed by atoms with E-state index in [2.05, 4.69) is 5.32 Å². The Labute approximate surface area is 139 Å². The number of ether oxygens (including phenoxy) is 2. The second-order valence-corrected chi connectivity index (χ2v) is 5.52. The van der Waals surface area contributed by atoms with Gasteiger partial charge in [-0.15, -0.1) is 0 Å². The predicted octanol–water partition coefficient (Wildman–Crippen LogP) is 3.44. The van der Waals surface area contributed by atoms with E-state index < -0.39 is 0 Å². The lowest BCUT2D eigenvalue weighted by Gasteiger charge is -2.18. The highest BCUT2D eigenvalue weighted by Gasteiger charge is 2.10. The minimum Gasteiger partial charge on any atom is -0.486 e. The summed E-state index contributed by atoms with van der Waals surface area (Å²) in [5.41, 5.74) is 1.84. The van der Waals surface area contributed by atoms with Gasteiger partial charge in [-0.1, -0.05) is 29.8 Å². The third-order valence-corrected chi connectivity index (χ3v) is 3.58. The molecule has 0 aliphatic carbocycles. The van der Waals surface area contributed by atoms with Crippen LogP contribution in [-0.4, -0.2) is 19.1 Å². The number of amides is 1. The van der Waals surface area contributed by atoms with Crippen molar-refractivity contribution >= 4 is 23.6 Å². The Balaban J connectivity index is 1.58. The molecule has 1 aliphatic rings. The highest BCUT2D eigenvalue weighted by molar-refractivity contribution is 6.30. The maximum Gasteiger partial charge on any atom is 0.244 e. The van der Waals surface area contributed by atoms with Crippen molar-refractivity contribution in [3.05, 3.63) is 64.7 Å². The second-order valence-electron chi connectivity index (χ2n) is 5.08. The molecule has 118 valence electrons. The third-order valence-electron chi connectivity index (χ3n) is 3.35. The largest absolute Gasteiger partial charge is 0.486 e. The molecule has 2 aromatic rings. The van der Waals surface area contributed by atoms with E-state index in [1.54, 1.807) is 12.1 Å². The standard InChI is InChI=1S/C18H16ClNO3/c19-15-3-1-2-14(10-15)12-20-18(21)7-5-13-4-6-16-17(11-13)23-9-8-22-16/h1-7,10-11H,8-9,12H2,(H,20,21)/b7-5+. The third kappa shape index (κ3) is 4.27. The van der Waals surface area contributed by atoms with E-state index in [1.807, 2.05) is 36.4 Å². The zero-order valence-corrected chi connectivity index (χ0v) is 13.2. The van der Waals surface area contributed by atoms with Crippen LogP contribution in [0.4, 0.5) is 0 Å².